The highest BCUT2D eigenvalue weighted by Crippen LogP contribution is 2.61. The van der Waals surface area contributed by atoms with Gasteiger partial charge in [-0.25, -0.2) is 0 Å². The molecule has 4 saturated carbocycles. The second kappa shape index (κ2) is 7.56. The van der Waals surface area contributed by atoms with Crippen LogP contribution >= 0.6 is 0 Å². The van der Waals surface area contributed by atoms with E-state index in [0.29, 0.717) is 24.7 Å². The van der Waals surface area contributed by atoms with Crippen molar-refractivity contribution < 1.29 is 24.2 Å². The number of rotatable bonds is 7. The molecule has 0 heterocycles. The van der Waals surface area contributed by atoms with Crippen LogP contribution in [0.15, 0.2) is 30.3 Å². The maximum Gasteiger partial charge on any atom is 0.312 e. The van der Waals surface area contributed by atoms with E-state index >= 15 is 0 Å². The molecule has 0 radical (unpaired) electrons. The Morgan fingerprint density at radius 1 is 1.14 bits per heavy atom. The number of aliphatic hydroxyl groups is 1. The molecule has 2 N–H and O–H groups in total. The van der Waals surface area contributed by atoms with Crippen molar-refractivity contribution in [1.82, 2.24) is 5.32 Å². The molecule has 6 nitrogen and oxygen atoms in total. The van der Waals surface area contributed by atoms with Crippen LogP contribution in [-0.2, 0) is 25.5 Å². The number of ether oxygens (including phenoxy) is 1. The molecule has 4 aliphatic carbocycles. The zero-order chi connectivity index (χ0) is 20.6. The maximum atomic E-state index is 12.9. The lowest BCUT2D eigenvalue weighted by Crippen LogP contribution is -2.58. The predicted molar refractivity (Wildman–Crippen MR) is 106 cm³/mol. The van der Waals surface area contributed by atoms with Crippen molar-refractivity contribution in [3.63, 3.8) is 0 Å². The van der Waals surface area contributed by atoms with Gasteiger partial charge in [-0.3, -0.25) is 14.4 Å². The van der Waals surface area contributed by atoms with Gasteiger partial charge in [0, 0.05) is 0 Å². The van der Waals surface area contributed by atoms with E-state index in [1.165, 1.54) is 6.92 Å². The summed E-state index contributed by atoms with van der Waals surface area (Å²) in [4.78, 5) is 37.2. The Morgan fingerprint density at radius 3 is 2.38 bits per heavy atom. The maximum absolute atomic E-state index is 12.9. The number of amides is 1. The Labute approximate surface area is 171 Å². The van der Waals surface area contributed by atoms with E-state index in [9.17, 15) is 19.5 Å². The average Bonchev–Trinajstić information content (AvgIpc) is 2.64. The van der Waals surface area contributed by atoms with Crippen molar-refractivity contribution in [3.8, 4) is 0 Å². The second-order valence-electron chi connectivity index (χ2n) is 9.46. The van der Waals surface area contributed by atoms with Gasteiger partial charge in [0.25, 0.3) is 5.91 Å². The first kappa shape index (κ1) is 20.1. The molecule has 4 fully saturated rings. The molecule has 2 unspecified atom stereocenters. The number of nitrogens with one attached hydrogen (secondary N) is 1. The normalized spacial score (nSPS) is 33.2. The lowest BCUT2D eigenvalue weighted by atomic mass is 9.48. The van der Waals surface area contributed by atoms with Crippen LogP contribution in [0, 0.1) is 17.3 Å². The lowest BCUT2D eigenvalue weighted by Gasteiger charge is -2.58. The molecule has 4 bridgehead atoms. The van der Waals surface area contributed by atoms with E-state index in [1.807, 2.05) is 30.3 Å². The molecule has 1 aromatic carbocycles. The molecule has 29 heavy (non-hydrogen) atoms. The highest BCUT2D eigenvalue weighted by atomic mass is 16.5. The summed E-state index contributed by atoms with van der Waals surface area (Å²) in [6, 6.07) is 8.82. The minimum absolute atomic E-state index is 0.142. The van der Waals surface area contributed by atoms with E-state index in [4.69, 9.17) is 4.74 Å². The zero-order valence-corrected chi connectivity index (χ0v) is 16.9. The summed E-state index contributed by atoms with van der Waals surface area (Å²) in [5.74, 6) is -0.247. The van der Waals surface area contributed by atoms with Gasteiger partial charge >= 0.3 is 5.97 Å². The molecule has 4 aliphatic rings. The number of ketones is 1. The molecular formula is C23H29NO5. The highest BCUT2D eigenvalue weighted by molar-refractivity contribution is 5.89. The minimum Gasteiger partial charge on any atom is -0.455 e. The topological polar surface area (TPSA) is 92.7 Å². The molecule has 0 aromatic heterocycles. The van der Waals surface area contributed by atoms with Crippen LogP contribution in [0.1, 0.15) is 51.0 Å². The molecular weight excluding hydrogens is 370 g/mol. The van der Waals surface area contributed by atoms with Crippen LogP contribution in [0.4, 0.5) is 0 Å². The summed E-state index contributed by atoms with van der Waals surface area (Å²) in [5, 5.41) is 13.5. The molecule has 5 atom stereocenters. The summed E-state index contributed by atoms with van der Waals surface area (Å²) < 4.78 is 5.39. The monoisotopic (exact) mass is 399 g/mol. The Morgan fingerprint density at radius 2 is 1.79 bits per heavy atom. The molecule has 5 rings (SSSR count). The molecule has 1 amide bonds. The number of esters is 1. The standard InChI is InChI=1S/C23H29NO5/c1-15(25)19(8-16-5-3-2-4-6-16)24-20(26)13-29-21(27)22-9-17-7-18(10-22)12-23(28,11-17)14-22/h2-6,17-19,28H,7-14H2,1H3,(H,24,26)/t17-,18+,19-,22?,23?/m1/s1. The number of hydrogen-bond donors (Lipinski definition) is 2. The smallest absolute Gasteiger partial charge is 0.312 e. The average molecular weight is 399 g/mol. The van der Waals surface area contributed by atoms with Crippen LogP contribution in [0.25, 0.3) is 0 Å². The Bertz CT molecular complexity index is 791. The summed E-state index contributed by atoms with van der Waals surface area (Å²) in [7, 11) is 0. The summed E-state index contributed by atoms with van der Waals surface area (Å²) in [5.41, 5.74) is -0.448. The largest absolute Gasteiger partial charge is 0.455 e. The van der Waals surface area contributed by atoms with Crippen molar-refractivity contribution in [2.24, 2.45) is 17.3 Å². The third-order valence-electron chi connectivity index (χ3n) is 6.91. The highest BCUT2D eigenvalue weighted by Gasteiger charge is 2.60. The van der Waals surface area contributed by atoms with Gasteiger partial charge in [0.1, 0.15) is 0 Å². The lowest BCUT2D eigenvalue weighted by molar-refractivity contribution is -0.196. The van der Waals surface area contributed by atoms with Gasteiger partial charge in [0.05, 0.1) is 17.1 Å². The van der Waals surface area contributed by atoms with E-state index < -0.39 is 29.6 Å². The second-order valence-corrected chi connectivity index (χ2v) is 9.46. The van der Waals surface area contributed by atoms with Crippen LogP contribution in [0.2, 0.25) is 0 Å². The summed E-state index contributed by atoms with van der Waals surface area (Å²) in [6.45, 7) is 1.04. The third-order valence-corrected chi connectivity index (χ3v) is 6.91. The predicted octanol–water partition coefficient (Wildman–Crippen LogP) is 2.18. The van der Waals surface area contributed by atoms with Crippen molar-refractivity contribution in [2.75, 3.05) is 6.61 Å². The minimum atomic E-state index is -0.749. The van der Waals surface area contributed by atoms with Crippen molar-refractivity contribution in [2.45, 2.75) is 63.5 Å². The van der Waals surface area contributed by atoms with Gasteiger partial charge in [0.2, 0.25) is 0 Å². The van der Waals surface area contributed by atoms with Gasteiger partial charge in [-0.15, -0.1) is 0 Å². The van der Waals surface area contributed by atoms with Crippen LogP contribution in [0.5, 0.6) is 0 Å². The number of benzene rings is 1. The Kier molecular flexibility index (Phi) is 5.23. The van der Waals surface area contributed by atoms with Crippen LogP contribution in [-0.4, -0.2) is 41.0 Å². The number of carbonyl (C=O) groups excluding carboxylic acids is 3. The first-order valence-corrected chi connectivity index (χ1v) is 10.5. The summed E-state index contributed by atoms with van der Waals surface area (Å²) in [6.07, 6.45) is 4.97. The Hall–Kier alpha value is -2.21. The fourth-order valence-corrected chi connectivity index (χ4v) is 6.12. The molecule has 0 saturated heterocycles. The van der Waals surface area contributed by atoms with Crippen LogP contribution < -0.4 is 5.32 Å². The van der Waals surface area contributed by atoms with Gasteiger partial charge < -0.3 is 15.2 Å². The SMILES string of the molecule is CC(=O)[C@@H](Cc1ccccc1)NC(=O)COC(=O)C12C[C@@H]3C[C@@H](CC(O)(C3)C1)C2. The number of Topliss-reactive ketones (excluding diaryl/α,β-unsaturated/α-hetero) is 1. The van der Waals surface area contributed by atoms with E-state index in [-0.39, 0.29) is 11.8 Å². The molecule has 0 spiro atoms. The number of carbonyl (C=O) groups is 3. The van der Waals surface area contributed by atoms with Gasteiger partial charge in [-0.05, 0) is 69.3 Å². The van der Waals surface area contributed by atoms with E-state index in [0.717, 1.165) is 37.7 Å². The van der Waals surface area contributed by atoms with Crippen molar-refractivity contribution in [3.05, 3.63) is 35.9 Å². The van der Waals surface area contributed by atoms with Crippen molar-refractivity contribution >= 4 is 17.7 Å². The van der Waals surface area contributed by atoms with E-state index in [2.05, 4.69) is 5.32 Å². The fourth-order valence-electron chi connectivity index (χ4n) is 6.12. The van der Waals surface area contributed by atoms with Crippen LogP contribution in [0.3, 0.4) is 0 Å². The zero-order valence-electron chi connectivity index (χ0n) is 16.9. The number of hydrogen-bond acceptors (Lipinski definition) is 5. The first-order chi connectivity index (χ1) is 13.8. The Balaban J connectivity index is 1.33. The summed E-state index contributed by atoms with van der Waals surface area (Å²) >= 11 is 0. The van der Waals surface area contributed by atoms with Gasteiger partial charge in [0.15, 0.2) is 12.4 Å². The first-order valence-electron chi connectivity index (χ1n) is 10.5. The quantitative estimate of drug-likeness (QED) is 0.686. The van der Waals surface area contributed by atoms with Gasteiger partial charge in [-0.1, -0.05) is 30.3 Å². The third kappa shape index (κ3) is 4.22. The molecule has 156 valence electrons. The van der Waals surface area contributed by atoms with Crippen molar-refractivity contribution in [1.29, 1.82) is 0 Å². The van der Waals surface area contributed by atoms with Gasteiger partial charge in [-0.2, -0.15) is 0 Å². The molecule has 6 heteroatoms. The molecule has 0 aliphatic heterocycles. The molecule has 1 aromatic rings. The van der Waals surface area contributed by atoms with E-state index in [1.54, 1.807) is 0 Å². The fraction of sp³-hybridized carbons (Fsp3) is 0.609.